The molecule has 0 atom stereocenters. The monoisotopic (exact) mass is 778 g/mol. The predicted molar refractivity (Wildman–Crippen MR) is 202 cm³/mol. The van der Waals surface area contributed by atoms with Gasteiger partial charge in [0, 0.05) is 55.5 Å². The molecular formula is C30H38N10O5S5. The summed E-state index contributed by atoms with van der Waals surface area (Å²) in [6, 6.07) is 7.59. The maximum atomic E-state index is 12.3. The standard InChI is InChI=1S/C15H19N5O3S2.C15H19N5O2S3/c1-25(22,23)20-6-4-10(5-7-20)18-15-17-9-11(14(16)19-15)13(21)12-3-2-8-24-12;1-25(21,22)20-6-4-10(5-7-20)18-15-17-9-11(14(16)19-15)13(23)12-3-2-8-24-12/h2*2-3,8-10H,4-7H2,1H3,(H3,16,17,18,19). The normalized spacial score (nSPS) is 16.7. The number of nitrogens with zero attached hydrogens (tertiary/aromatic N) is 6. The summed E-state index contributed by atoms with van der Waals surface area (Å²) in [6.45, 7) is 1.90. The van der Waals surface area contributed by atoms with Crippen molar-refractivity contribution in [3.63, 3.8) is 0 Å². The summed E-state index contributed by atoms with van der Waals surface area (Å²) in [5.74, 6) is 1.06. The van der Waals surface area contributed by atoms with Gasteiger partial charge in [-0.15, -0.1) is 22.7 Å². The third-order valence-electron chi connectivity index (χ3n) is 8.13. The molecule has 6 N–H and O–H groups in total. The minimum absolute atomic E-state index is 0.0660. The Hall–Kier alpha value is -3.66. The van der Waals surface area contributed by atoms with Gasteiger partial charge in [0.15, 0.2) is 0 Å². The van der Waals surface area contributed by atoms with Crippen molar-refractivity contribution in [3.05, 3.63) is 68.3 Å². The lowest BCUT2D eigenvalue weighted by molar-refractivity contribution is 0.104. The van der Waals surface area contributed by atoms with Crippen molar-refractivity contribution >= 4 is 89.1 Å². The zero-order valence-electron chi connectivity index (χ0n) is 27.4. The number of thiophene rings is 2. The summed E-state index contributed by atoms with van der Waals surface area (Å²) in [4.78, 5) is 31.5. The number of nitrogen functional groups attached to an aromatic ring is 2. The Kier molecular flexibility index (Phi) is 12.1. The number of hydrogen-bond donors (Lipinski definition) is 4. The Morgan fingerprint density at radius 2 is 1.18 bits per heavy atom. The van der Waals surface area contributed by atoms with E-state index in [1.54, 1.807) is 29.7 Å². The van der Waals surface area contributed by atoms with E-state index in [0.717, 1.165) is 4.88 Å². The molecule has 0 aliphatic carbocycles. The number of piperidine rings is 2. The highest BCUT2D eigenvalue weighted by molar-refractivity contribution is 7.88. The molecule has 4 aromatic heterocycles. The van der Waals surface area contributed by atoms with Crippen molar-refractivity contribution in [3.8, 4) is 0 Å². The van der Waals surface area contributed by atoms with Crippen LogP contribution in [0, 0.1) is 0 Å². The fraction of sp³-hybridized carbons (Fsp3) is 0.400. The predicted octanol–water partition coefficient (Wildman–Crippen LogP) is 2.91. The Balaban J connectivity index is 0.000000194. The lowest BCUT2D eigenvalue weighted by atomic mass is 10.1. The molecule has 0 amide bonds. The van der Waals surface area contributed by atoms with Crippen molar-refractivity contribution in [2.45, 2.75) is 37.8 Å². The molecule has 0 spiro atoms. The molecule has 0 saturated carbocycles. The fourth-order valence-corrected chi connectivity index (χ4v) is 8.86. The number of hydrogen-bond acceptors (Lipinski definition) is 16. The average Bonchev–Trinajstić information content (AvgIpc) is 3.80. The van der Waals surface area contributed by atoms with Crippen LogP contribution in [0.5, 0.6) is 0 Å². The SMILES string of the molecule is CS(=O)(=O)N1CCC(Nc2ncc(C(=O)c3cccs3)c(N)n2)CC1.CS(=O)(=O)N1CCC(Nc2ncc(C(=S)c3cccs3)c(N)n2)CC1. The van der Waals surface area contributed by atoms with E-state index < -0.39 is 20.0 Å². The zero-order chi connectivity index (χ0) is 36.1. The molecule has 2 aliphatic rings. The van der Waals surface area contributed by atoms with Crippen LogP contribution in [-0.2, 0) is 20.0 Å². The fourth-order valence-electron chi connectivity index (χ4n) is 5.39. The first kappa shape index (κ1) is 37.6. The Morgan fingerprint density at radius 1 is 0.760 bits per heavy atom. The number of carbonyl (C=O) groups excluding carboxylic acids is 1. The third-order valence-corrected chi connectivity index (χ3v) is 13.1. The Bertz CT molecular complexity index is 1860. The van der Waals surface area contributed by atoms with Gasteiger partial charge >= 0.3 is 0 Å². The van der Waals surface area contributed by atoms with Gasteiger partial charge in [0.2, 0.25) is 37.7 Å². The summed E-state index contributed by atoms with van der Waals surface area (Å²) in [7, 11) is -6.27. The minimum Gasteiger partial charge on any atom is -0.383 e. The Morgan fingerprint density at radius 3 is 1.56 bits per heavy atom. The van der Waals surface area contributed by atoms with Crippen molar-refractivity contribution in [2.24, 2.45) is 0 Å². The van der Waals surface area contributed by atoms with E-state index in [1.807, 2.05) is 22.9 Å². The molecule has 0 unspecified atom stereocenters. The molecular weight excluding hydrogens is 741 g/mol. The molecule has 6 rings (SSSR count). The molecule has 6 heterocycles. The summed E-state index contributed by atoms with van der Waals surface area (Å²) < 4.78 is 49.1. The van der Waals surface area contributed by atoms with Crippen LogP contribution in [0.1, 0.15) is 51.4 Å². The summed E-state index contributed by atoms with van der Waals surface area (Å²) in [5, 5.41) is 10.2. The number of anilines is 4. The van der Waals surface area contributed by atoms with E-state index in [9.17, 15) is 21.6 Å². The summed E-state index contributed by atoms with van der Waals surface area (Å²) in [5.41, 5.74) is 12.9. The minimum atomic E-state index is -3.15. The number of nitrogens with two attached hydrogens (primary N) is 2. The van der Waals surface area contributed by atoms with E-state index in [4.69, 9.17) is 23.7 Å². The molecule has 2 saturated heterocycles. The number of nitrogens with one attached hydrogen (secondary N) is 2. The molecule has 20 heteroatoms. The van der Waals surface area contributed by atoms with Gasteiger partial charge in [0.1, 0.15) is 11.6 Å². The highest BCUT2D eigenvalue weighted by Gasteiger charge is 2.27. The second-order valence-corrected chi connectivity index (χ2v) is 18.0. The van der Waals surface area contributed by atoms with Crippen LogP contribution in [0.25, 0.3) is 0 Å². The van der Waals surface area contributed by atoms with Gasteiger partial charge < -0.3 is 22.1 Å². The van der Waals surface area contributed by atoms with Gasteiger partial charge in [-0.3, -0.25) is 4.79 Å². The summed E-state index contributed by atoms with van der Waals surface area (Å²) >= 11 is 8.34. The van der Waals surface area contributed by atoms with Gasteiger partial charge in [-0.2, -0.15) is 9.97 Å². The maximum Gasteiger partial charge on any atom is 0.224 e. The highest BCUT2D eigenvalue weighted by Crippen LogP contribution is 2.23. The number of aromatic nitrogens is 4. The van der Waals surface area contributed by atoms with Crippen LogP contribution in [0.4, 0.5) is 23.5 Å². The quantitative estimate of drug-likeness (QED) is 0.134. The van der Waals surface area contributed by atoms with E-state index >= 15 is 0 Å². The number of thiocarbonyl (C=S) groups is 1. The number of sulfonamides is 2. The zero-order valence-corrected chi connectivity index (χ0v) is 31.4. The first-order valence-electron chi connectivity index (χ1n) is 15.5. The second-order valence-electron chi connectivity index (χ2n) is 11.8. The number of rotatable bonds is 10. The maximum absolute atomic E-state index is 12.3. The van der Waals surface area contributed by atoms with Gasteiger partial charge in [-0.1, -0.05) is 24.4 Å². The molecule has 4 aromatic rings. The molecule has 0 bridgehead atoms. The van der Waals surface area contributed by atoms with Crippen molar-refractivity contribution in [2.75, 3.05) is 60.8 Å². The van der Waals surface area contributed by atoms with Crippen LogP contribution in [0.15, 0.2) is 47.4 Å². The van der Waals surface area contributed by atoms with Crippen molar-refractivity contribution in [1.82, 2.24) is 28.5 Å². The molecule has 0 aromatic carbocycles. The third kappa shape index (κ3) is 9.77. The first-order valence-corrected chi connectivity index (χ1v) is 21.4. The van der Waals surface area contributed by atoms with Crippen LogP contribution < -0.4 is 22.1 Å². The smallest absolute Gasteiger partial charge is 0.224 e. The lowest BCUT2D eigenvalue weighted by Gasteiger charge is -2.30. The molecule has 268 valence electrons. The van der Waals surface area contributed by atoms with Crippen LogP contribution in [0.2, 0.25) is 0 Å². The Labute approximate surface area is 304 Å². The molecule has 2 aliphatic heterocycles. The topological polar surface area (TPSA) is 219 Å². The van der Waals surface area contributed by atoms with Gasteiger partial charge in [0.25, 0.3) is 0 Å². The number of ketones is 1. The summed E-state index contributed by atoms with van der Waals surface area (Å²) in [6.07, 6.45) is 8.24. The van der Waals surface area contributed by atoms with Crippen LogP contribution in [-0.4, -0.2) is 107 Å². The van der Waals surface area contributed by atoms with Gasteiger partial charge in [-0.25, -0.2) is 35.4 Å². The van der Waals surface area contributed by atoms with E-state index in [1.165, 1.54) is 38.7 Å². The lowest BCUT2D eigenvalue weighted by Crippen LogP contribution is -2.42. The van der Waals surface area contributed by atoms with E-state index in [-0.39, 0.29) is 29.2 Å². The molecule has 50 heavy (non-hydrogen) atoms. The van der Waals surface area contributed by atoms with Crippen LogP contribution in [0.3, 0.4) is 0 Å². The van der Waals surface area contributed by atoms with Crippen molar-refractivity contribution in [1.29, 1.82) is 0 Å². The molecule has 0 radical (unpaired) electrons. The largest absolute Gasteiger partial charge is 0.383 e. The molecule has 2 fully saturated rings. The highest BCUT2D eigenvalue weighted by atomic mass is 32.2. The molecule has 15 nitrogen and oxygen atoms in total. The first-order chi connectivity index (χ1) is 23.7. The average molecular weight is 779 g/mol. The van der Waals surface area contributed by atoms with Gasteiger partial charge in [-0.05, 0) is 48.6 Å². The second kappa shape index (κ2) is 16.1. The van der Waals surface area contributed by atoms with Crippen LogP contribution >= 0.6 is 34.9 Å². The number of carbonyl (C=O) groups is 1. The van der Waals surface area contributed by atoms with Crippen molar-refractivity contribution < 1.29 is 21.6 Å². The van der Waals surface area contributed by atoms with E-state index in [2.05, 4.69) is 30.6 Å². The van der Waals surface area contributed by atoms with Gasteiger partial charge in [0.05, 0.1) is 33.4 Å². The van der Waals surface area contributed by atoms with E-state index in [0.29, 0.717) is 84.9 Å².